The summed E-state index contributed by atoms with van der Waals surface area (Å²) < 4.78 is 61.9. The third-order valence-electron chi connectivity index (χ3n) is 5.68. The number of nitrogens with one attached hydrogen (secondary N) is 1. The molecule has 248 valence electrons. The summed E-state index contributed by atoms with van der Waals surface area (Å²) in [5.41, 5.74) is -0.973. The van der Waals surface area contributed by atoms with Crippen molar-refractivity contribution in [2.45, 2.75) is 79.4 Å². The molecule has 0 aliphatic heterocycles. The number of halogens is 3. The van der Waals surface area contributed by atoms with Gasteiger partial charge in [-0.3, -0.25) is 14.4 Å². The van der Waals surface area contributed by atoms with Crippen molar-refractivity contribution in [3.8, 4) is 5.88 Å². The van der Waals surface area contributed by atoms with Crippen LogP contribution < -0.4 is 10.3 Å². The standard InChI is InChI=1S/C14H22FNO5.C9H12FNO4.C5H11BrO/c1-6-19-9(4)7-20-13-11(15)12(21-16-13)10(8(2)3)14(17)18-5;1-4(2)5(9(13)14-3)7-6(10)8(12)11-15-7;1-3-7-5(2)4-6/h8-10H,6-7H2,1-5H3;4-5H,1-3H3,(H,11,12);5H,3-4H2,1-2H3. The minimum absolute atomic E-state index is 0.140. The van der Waals surface area contributed by atoms with Gasteiger partial charge in [0, 0.05) is 18.5 Å². The number of methoxy groups -OCH3 is 2. The molecule has 0 saturated carbocycles. The average molecular weight is 688 g/mol. The smallest absolute Gasteiger partial charge is 0.316 e. The van der Waals surface area contributed by atoms with Crippen LogP contribution in [0.2, 0.25) is 0 Å². The molecule has 0 radical (unpaired) electrons. The molecule has 0 aromatic carbocycles. The van der Waals surface area contributed by atoms with Crippen molar-refractivity contribution in [2.75, 3.05) is 39.4 Å². The first-order valence-electron chi connectivity index (χ1n) is 13.8. The van der Waals surface area contributed by atoms with E-state index in [0.717, 1.165) is 11.9 Å². The van der Waals surface area contributed by atoms with Crippen LogP contribution in [0.4, 0.5) is 8.78 Å². The Morgan fingerprint density at radius 2 is 1.35 bits per heavy atom. The fourth-order valence-electron chi connectivity index (χ4n) is 3.54. The molecule has 0 fully saturated rings. The molecule has 0 aliphatic carbocycles. The Bertz CT molecular complexity index is 1140. The Labute approximate surface area is 259 Å². The highest BCUT2D eigenvalue weighted by Gasteiger charge is 2.35. The number of ether oxygens (including phenoxy) is 5. The summed E-state index contributed by atoms with van der Waals surface area (Å²) in [6.07, 6.45) is 0.168. The number of rotatable bonds is 14. The highest BCUT2D eigenvalue weighted by Crippen LogP contribution is 2.32. The second-order valence-corrected chi connectivity index (χ2v) is 10.5. The molecule has 43 heavy (non-hydrogen) atoms. The van der Waals surface area contributed by atoms with Gasteiger partial charge in [-0.1, -0.05) is 43.6 Å². The van der Waals surface area contributed by atoms with Crippen LogP contribution >= 0.6 is 15.9 Å². The van der Waals surface area contributed by atoms with Crippen molar-refractivity contribution in [2.24, 2.45) is 11.8 Å². The first-order chi connectivity index (χ1) is 20.2. The molecule has 2 heterocycles. The number of hydrogen-bond acceptors (Lipinski definition) is 11. The van der Waals surface area contributed by atoms with E-state index in [2.05, 4.69) is 35.1 Å². The second kappa shape index (κ2) is 21.0. The van der Waals surface area contributed by atoms with Crippen LogP contribution in [0.15, 0.2) is 13.8 Å². The van der Waals surface area contributed by atoms with Crippen LogP contribution in [0, 0.1) is 23.5 Å². The molecule has 2 aromatic heterocycles. The lowest BCUT2D eigenvalue weighted by molar-refractivity contribution is -0.145. The zero-order valence-electron chi connectivity index (χ0n) is 26.5. The number of carbonyl (C=O) groups excluding carboxylic acids is 2. The lowest BCUT2D eigenvalue weighted by Crippen LogP contribution is -2.21. The van der Waals surface area contributed by atoms with E-state index in [1.165, 1.54) is 14.2 Å². The van der Waals surface area contributed by atoms with Crippen LogP contribution in [0.25, 0.3) is 0 Å². The molecule has 2 rings (SSSR count). The van der Waals surface area contributed by atoms with Crippen molar-refractivity contribution in [1.82, 2.24) is 10.3 Å². The Kier molecular flexibility index (Phi) is 19.7. The molecule has 0 spiro atoms. The van der Waals surface area contributed by atoms with Gasteiger partial charge in [-0.05, 0) is 44.7 Å². The SMILES string of the molecule is CCOC(C)CBr.CCOC(C)COc1noc(C(C(=O)OC)C(C)C)c1F.COC(=O)C(c1o[nH]c(=O)c1F)C(C)C. The third kappa shape index (κ3) is 13.2. The van der Waals surface area contributed by atoms with Crippen molar-refractivity contribution >= 4 is 27.9 Å². The van der Waals surface area contributed by atoms with Crippen molar-refractivity contribution in [3.63, 3.8) is 0 Å². The van der Waals surface area contributed by atoms with E-state index < -0.39 is 41.0 Å². The van der Waals surface area contributed by atoms with Crippen LogP contribution in [0.3, 0.4) is 0 Å². The van der Waals surface area contributed by atoms with Crippen LogP contribution in [-0.2, 0) is 28.5 Å². The normalized spacial score (nSPS) is 13.7. The maximum absolute atomic E-state index is 14.2. The van der Waals surface area contributed by atoms with Crippen molar-refractivity contribution in [3.05, 3.63) is 33.5 Å². The summed E-state index contributed by atoms with van der Waals surface area (Å²) in [6.45, 7) is 16.1. The molecule has 0 saturated heterocycles. The van der Waals surface area contributed by atoms with E-state index in [1.807, 2.05) is 25.9 Å². The van der Waals surface area contributed by atoms with Gasteiger partial charge in [-0.25, -0.2) is 0 Å². The molecule has 0 aliphatic rings. The van der Waals surface area contributed by atoms with Gasteiger partial charge in [0.2, 0.25) is 11.6 Å². The van der Waals surface area contributed by atoms with Gasteiger partial charge in [0.15, 0.2) is 11.5 Å². The van der Waals surface area contributed by atoms with Gasteiger partial charge < -0.3 is 32.7 Å². The summed E-state index contributed by atoms with van der Waals surface area (Å²) in [6, 6.07) is 0. The summed E-state index contributed by atoms with van der Waals surface area (Å²) in [7, 11) is 2.44. The van der Waals surface area contributed by atoms with E-state index in [0.29, 0.717) is 12.7 Å². The minimum atomic E-state index is -1.07. The number of carbonyl (C=O) groups is 2. The average Bonchev–Trinajstić information content (AvgIpc) is 3.48. The molecule has 0 amide bonds. The monoisotopic (exact) mass is 686 g/mol. The van der Waals surface area contributed by atoms with Gasteiger partial charge in [0.1, 0.15) is 18.4 Å². The predicted octanol–water partition coefficient (Wildman–Crippen LogP) is 5.36. The molecule has 4 atom stereocenters. The number of esters is 2. The maximum atomic E-state index is 14.2. The minimum Gasteiger partial charge on any atom is -0.471 e. The lowest BCUT2D eigenvalue weighted by Gasteiger charge is -2.15. The van der Waals surface area contributed by atoms with Gasteiger partial charge in [-0.15, -0.1) is 0 Å². The fraction of sp³-hybridized carbons (Fsp3) is 0.714. The summed E-state index contributed by atoms with van der Waals surface area (Å²) in [5.74, 6) is -5.99. The Morgan fingerprint density at radius 1 is 0.860 bits per heavy atom. The van der Waals surface area contributed by atoms with E-state index in [-0.39, 0.29) is 41.9 Å². The van der Waals surface area contributed by atoms with E-state index in [9.17, 15) is 23.2 Å². The Balaban J connectivity index is 0.000000696. The zero-order chi connectivity index (χ0) is 33.3. The van der Waals surface area contributed by atoms with Crippen molar-refractivity contribution < 1.29 is 51.1 Å². The van der Waals surface area contributed by atoms with Gasteiger partial charge in [0.25, 0.3) is 5.88 Å². The number of H-pyrrole nitrogens is 1. The van der Waals surface area contributed by atoms with Crippen LogP contribution in [0.5, 0.6) is 5.88 Å². The first-order valence-corrected chi connectivity index (χ1v) is 14.9. The highest BCUT2D eigenvalue weighted by molar-refractivity contribution is 9.09. The largest absolute Gasteiger partial charge is 0.471 e. The van der Waals surface area contributed by atoms with E-state index in [4.69, 9.17) is 18.7 Å². The number of alkyl halides is 1. The molecular formula is C28H45BrF2N2O10. The molecule has 12 nitrogen and oxygen atoms in total. The van der Waals surface area contributed by atoms with Gasteiger partial charge in [-0.2, -0.15) is 13.9 Å². The lowest BCUT2D eigenvalue weighted by atomic mass is 9.93. The number of hydrogen-bond donors (Lipinski definition) is 1. The molecule has 1 N–H and O–H groups in total. The number of aromatic nitrogens is 2. The zero-order valence-corrected chi connectivity index (χ0v) is 28.0. The maximum Gasteiger partial charge on any atom is 0.316 e. The third-order valence-corrected chi connectivity index (χ3v) is 6.60. The molecule has 2 aromatic rings. The fourth-order valence-corrected chi connectivity index (χ4v) is 3.72. The van der Waals surface area contributed by atoms with Crippen molar-refractivity contribution in [1.29, 1.82) is 0 Å². The van der Waals surface area contributed by atoms with Crippen LogP contribution in [-0.4, -0.2) is 73.8 Å². The predicted molar refractivity (Wildman–Crippen MR) is 156 cm³/mol. The summed E-state index contributed by atoms with van der Waals surface area (Å²) >= 11 is 3.29. The van der Waals surface area contributed by atoms with Crippen LogP contribution in [0.1, 0.15) is 78.7 Å². The topological polar surface area (TPSA) is 152 Å². The molecule has 15 heteroatoms. The summed E-state index contributed by atoms with van der Waals surface area (Å²) in [4.78, 5) is 33.9. The number of nitrogens with zero attached hydrogens (tertiary/aromatic N) is 1. The molecule has 0 bridgehead atoms. The highest BCUT2D eigenvalue weighted by atomic mass is 79.9. The molecule has 4 unspecified atom stereocenters. The number of aromatic amines is 1. The Morgan fingerprint density at radius 3 is 1.72 bits per heavy atom. The second-order valence-electron chi connectivity index (χ2n) is 9.86. The Hall–Kier alpha value is -2.78. The van der Waals surface area contributed by atoms with Gasteiger partial charge >= 0.3 is 17.5 Å². The van der Waals surface area contributed by atoms with E-state index in [1.54, 1.807) is 34.6 Å². The van der Waals surface area contributed by atoms with Gasteiger partial charge in [0.05, 0.1) is 26.4 Å². The molecular weight excluding hydrogens is 642 g/mol. The quantitative estimate of drug-likeness (QED) is 0.202. The first kappa shape index (κ1) is 40.2. The van der Waals surface area contributed by atoms with E-state index >= 15 is 0 Å². The summed E-state index contributed by atoms with van der Waals surface area (Å²) in [5, 5.41) is 6.30.